The molecule has 3 aliphatic heterocycles. The van der Waals surface area contributed by atoms with Gasteiger partial charge < -0.3 is 24.4 Å². The van der Waals surface area contributed by atoms with Gasteiger partial charge in [0.2, 0.25) is 11.8 Å². The van der Waals surface area contributed by atoms with E-state index in [1.165, 1.54) is 4.90 Å². The summed E-state index contributed by atoms with van der Waals surface area (Å²) in [5.74, 6) is -2.48. The van der Waals surface area contributed by atoms with Crippen LogP contribution in [-0.4, -0.2) is 81.8 Å². The maximum Gasteiger partial charge on any atom is 0.312 e. The number of esters is 1. The van der Waals surface area contributed by atoms with Gasteiger partial charge in [0.15, 0.2) is 0 Å². The standard InChI is InChI=1S/C26H40N2O6/c1-7-9-10-17-33-23(32)19-18-21(30)27(15-11-16-29)20(26(18)13-12-25(19,6)34-26)22(31)28(14-8-2)24(3,4)5/h7-8,18-20,29H,1-2,9-17H2,3-6H3/t18-,19-,20?,25+,26?/m0/s1. The first-order chi connectivity index (χ1) is 16.0. The van der Waals surface area contributed by atoms with Crippen LogP contribution in [0.5, 0.6) is 0 Å². The molecule has 0 saturated carbocycles. The van der Waals surface area contributed by atoms with Gasteiger partial charge in [0, 0.05) is 25.2 Å². The second-order valence-corrected chi connectivity index (χ2v) is 10.8. The fourth-order valence-electron chi connectivity index (χ4n) is 6.01. The lowest BCUT2D eigenvalue weighted by molar-refractivity contribution is -0.161. The number of fused-ring (bicyclic) bond motifs is 1. The van der Waals surface area contributed by atoms with E-state index in [4.69, 9.17) is 9.47 Å². The van der Waals surface area contributed by atoms with Gasteiger partial charge in [-0.25, -0.2) is 0 Å². The summed E-state index contributed by atoms with van der Waals surface area (Å²) in [4.78, 5) is 44.4. The number of hydrogen-bond donors (Lipinski definition) is 1. The lowest BCUT2D eigenvalue weighted by atomic mass is 9.66. The molecule has 1 spiro atoms. The maximum atomic E-state index is 14.1. The van der Waals surface area contributed by atoms with E-state index in [1.54, 1.807) is 17.1 Å². The van der Waals surface area contributed by atoms with Crippen molar-refractivity contribution in [3.05, 3.63) is 25.3 Å². The Kier molecular flexibility index (Phi) is 7.63. The molecule has 3 aliphatic rings. The number of amides is 2. The number of rotatable bonds is 11. The molecule has 5 atom stereocenters. The van der Waals surface area contributed by atoms with E-state index in [1.807, 2.05) is 27.7 Å². The third-order valence-electron chi connectivity index (χ3n) is 7.51. The minimum Gasteiger partial charge on any atom is -0.465 e. The van der Waals surface area contributed by atoms with Gasteiger partial charge >= 0.3 is 5.97 Å². The van der Waals surface area contributed by atoms with Crippen molar-refractivity contribution in [2.75, 3.05) is 26.3 Å². The van der Waals surface area contributed by atoms with Crippen molar-refractivity contribution in [3.63, 3.8) is 0 Å². The molecular weight excluding hydrogens is 436 g/mol. The Labute approximate surface area is 202 Å². The normalized spacial score (nSPS) is 32.0. The number of carbonyl (C=O) groups excluding carboxylic acids is 3. The molecule has 3 fully saturated rings. The quantitative estimate of drug-likeness (QED) is 0.280. The van der Waals surface area contributed by atoms with Crippen molar-refractivity contribution in [3.8, 4) is 0 Å². The van der Waals surface area contributed by atoms with Crippen LogP contribution in [0.15, 0.2) is 25.3 Å². The predicted molar refractivity (Wildman–Crippen MR) is 128 cm³/mol. The van der Waals surface area contributed by atoms with Gasteiger partial charge in [-0.3, -0.25) is 14.4 Å². The van der Waals surface area contributed by atoms with Gasteiger partial charge in [0.05, 0.1) is 18.1 Å². The van der Waals surface area contributed by atoms with Gasteiger partial charge in [0.25, 0.3) is 0 Å². The number of aliphatic hydroxyl groups excluding tert-OH is 1. The highest BCUT2D eigenvalue weighted by Gasteiger charge is 2.78. The summed E-state index contributed by atoms with van der Waals surface area (Å²) in [6.45, 7) is 15.8. The van der Waals surface area contributed by atoms with E-state index in [2.05, 4.69) is 13.2 Å². The highest BCUT2D eigenvalue weighted by Crippen LogP contribution is 2.63. The minimum absolute atomic E-state index is 0.106. The predicted octanol–water partition coefficient (Wildman–Crippen LogP) is 2.46. The second kappa shape index (κ2) is 9.82. The third kappa shape index (κ3) is 4.31. The summed E-state index contributed by atoms with van der Waals surface area (Å²) >= 11 is 0. The SMILES string of the molecule is C=CCCCOC(=O)[C@@H]1[C@H]2C(=O)N(CCCO)C(C(=O)N(CC=C)C(C)(C)C)C23CC[C@@]1(C)O3. The first-order valence-corrected chi connectivity index (χ1v) is 12.3. The van der Waals surface area contributed by atoms with E-state index in [-0.39, 0.29) is 31.6 Å². The van der Waals surface area contributed by atoms with Crippen LogP contribution in [0.4, 0.5) is 0 Å². The zero-order valence-corrected chi connectivity index (χ0v) is 21.0. The van der Waals surface area contributed by atoms with Crippen LogP contribution >= 0.6 is 0 Å². The maximum absolute atomic E-state index is 14.1. The van der Waals surface area contributed by atoms with Crippen molar-refractivity contribution in [2.24, 2.45) is 11.8 Å². The zero-order valence-electron chi connectivity index (χ0n) is 21.0. The Bertz CT molecular complexity index is 836. The fraction of sp³-hybridized carbons (Fsp3) is 0.731. The lowest BCUT2D eigenvalue weighted by Crippen LogP contribution is -2.60. The van der Waals surface area contributed by atoms with Crippen LogP contribution in [0.25, 0.3) is 0 Å². The van der Waals surface area contributed by atoms with Crippen LogP contribution in [-0.2, 0) is 23.9 Å². The largest absolute Gasteiger partial charge is 0.465 e. The van der Waals surface area contributed by atoms with Gasteiger partial charge in [-0.2, -0.15) is 0 Å². The first kappa shape index (κ1) is 26.4. The topological polar surface area (TPSA) is 96.4 Å². The molecule has 8 nitrogen and oxygen atoms in total. The third-order valence-corrected chi connectivity index (χ3v) is 7.51. The van der Waals surface area contributed by atoms with Crippen LogP contribution in [0.3, 0.4) is 0 Å². The second-order valence-electron chi connectivity index (χ2n) is 10.8. The van der Waals surface area contributed by atoms with Crippen molar-refractivity contribution in [1.82, 2.24) is 9.80 Å². The Hall–Kier alpha value is -2.19. The first-order valence-electron chi connectivity index (χ1n) is 12.3. The van der Waals surface area contributed by atoms with Gasteiger partial charge in [-0.1, -0.05) is 12.2 Å². The van der Waals surface area contributed by atoms with Crippen LogP contribution < -0.4 is 0 Å². The molecular formula is C26H40N2O6. The molecule has 190 valence electrons. The summed E-state index contributed by atoms with van der Waals surface area (Å²) in [6.07, 6.45) is 6.25. The molecule has 3 rings (SSSR count). The fourth-order valence-corrected chi connectivity index (χ4v) is 6.01. The van der Waals surface area contributed by atoms with E-state index in [0.717, 1.165) is 6.42 Å². The lowest BCUT2D eigenvalue weighted by Gasteiger charge is -2.42. The molecule has 0 aromatic carbocycles. The van der Waals surface area contributed by atoms with Crippen LogP contribution in [0.1, 0.15) is 59.8 Å². The van der Waals surface area contributed by atoms with Gasteiger partial charge in [0.1, 0.15) is 17.6 Å². The molecule has 34 heavy (non-hydrogen) atoms. The van der Waals surface area contributed by atoms with Crippen molar-refractivity contribution in [2.45, 2.75) is 82.6 Å². The summed E-state index contributed by atoms with van der Waals surface area (Å²) in [5, 5.41) is 9.46. The highest BCUT2D eigenvalue weighted by atomic mass is 16.6. The molecule has 8 heteroatoms. The van der Waals surface area contributed by atoms with Gasteiger partial charge in [-0.15, -0.1) is 13.2 Å². The zero-order chi connectivity index (χ0) is 25.3. The van der Waals surface area contributed by atoms with Crippen molar-refractivity contribution < 1.29 is 29.0 Å². The molecule has 3 saturated heterocycles. The summed E-state index contributed by atoms with van der Waals surface area (Å²) in [7, 11) is 0. The Morgan fingerprint density at radius 3 is 2.56 bits per heavy atom. The number of hydrogen-bond acceptors (Lipinski definition) is 6. The average Bonchev–Trinajstić information content (AvgIpc) is 3.33. The monoisotopic (exact) mass is 476 g/mol. The average molecular weight is 477 g/mol. The molecule has 2 unspecified atom stereocenters. The van der Waals surface area contributed by atoms with E-state index in [9.17, 15) is 19.5 Å². The van der Waals surface area contributed by atoms with Gasteiger partial charge in [-0.05, 0) is 59.8 Å². The molecule has 2 amide bonds. The molecule has 0 radical (unpaired) electrons. The number of ether oxygens (including phenoxy) is 2. The smallest absolute Gasteiger partial charge is 0.312 e. The molecule has 3 heterocycles. The molecule has 2 bridgehead atoms. The molecule has 1 N–H and O–H groups in total. The van der Waals surface area contributed by atoms with E-state index < -0.39 is 40.6 Å². The number of aliphatic hydroxyl groups is 1. The van der Waals surface area contributed by atoms with E-state index >= 15 is 0 Å². The molecule has 0 aliphatic carbocycles. The van der Waals surface area contributed by atoms with Crippen molar-refractivity contribution >= 4 is 17.8 Å². The molecule has 0 aromatic heterocycles. The Balaban J connectivity index is 2.00. The van der Waals surface area contributed by atoms with Crippen molar-refractivity contribution in [1.29, 1.82) is 0 Å². The van der Waals surface area contributed by atoms with E-state index in [0.29, 0.717) is 32.2 Å². The Morgan fingerprint density at radius 2 is 1.97 bits per heavy atom. The Morgan fingerprint density at radius 1 is 1.26 bits per heavy atom. The molecule has 0 aromatic rings. The summed E-state index contributed by atoms with van der Waals surface area (Å²) in [6, 6.07) is -0.865. The highest BCUT2D eigenvalue weighted by molar-refractivity contribution is 5.98. The number of unbranched alkanes of at least 4 members (excludes halogenated alkanes) is 1. The summed E-state index contributed by atoms with van der Waals surface area (Å²) in [5.41, 5.74) is -2.45. The number of nitrogens with zero attached hydrogens (tertiary/aromatic N) is 2. The number of likely N-dealkylation sites (tertiary alicyclic amines) is 1. The number of allylic oxidation sites excluding steroid dienone is 1. The summed E-state index contributed by atoms with van der Waals surface area (Å²) < 4.78 is 12.1. The van der Waals surface area contributed by atoms with Crippen LogP contribution in [0, 0.1) is 11.8 Å². The van der Waals surface area contributed by atoms with Crippen LogP contribution in [0.2, 0.25) is 0 Å². The number of carbonyl (C=O) groups is 3. The minimum atomic E-state index is -1.09.